The van der Waals surface area contributed by atoms with Crippen LogP contribution in [-0.4, -0.2) is 10.2 Å². The number of hydrogen-bond acceptors (Lipinski definition) is 3. The van der Waals surface area contributed by atoms with Gasteiger partial charge in [0.05, 0.1) is 20.6 Å². The van der Waals surface area contributed by atoms with Crippen molar-refractivity contribution < 1.29 is 4.79 Å². The Bertz CT molecular complexity index is 836. The molecule has 2 aromatic carbocycles. The maximum atomic E-state index is 12.7. The Hall–Kier alpha value is -0.850. The highest BCUT2D eigenvalue weighted by Crippen LogP contribution is 2.37. The number of amides is 1. The normalized spacial score (nSPS) is 16.5. The van der Waals surface area contributed by atoms with E-state index in [-0.39, 0.29) is 5.91 Å². The number of rotatable bonds is 2. The first kappa shape index (κ1) is 17.0. The highest BCUT2D eigenvalue weighted by molar-refractivity contribution is 9.10. The molecule has 1 heterocycles. The van der Waals surface area contributed by atoms with Gasteiger partial charge in [0.15, 0.2) is 4.32 Å². The van der Waals surface area contributed by atoms with Crippen LogP contribution in [0, 0.1) is 0 Å². The van der Waals surface area contributed by atoms with E-state index in [1.165, 1.54) is 16.7 Å². The molecule has 0 aliphatic carbocycles. The van der Waals surface area contributed by atoms with Gasteiger partial charge in [0.1, 0.15) is 0 Å². The number of benzene rings is 2. The van der Waals surface area contributed by atoms with E-state index in [1.807, 2.05) is 24.3 Å². The molecular formula is C16H8BrCl2NOS2. The second-order valence-electron chi connectivity index (χ2n) is 4.64. The maximum absolute atomic E-state index is 12.7. The van der Waals surface area contributed by atoms with Gasteiger partial charge in [-0.05, 0) is 42.0 Å². The molecule has 0 radical (unpaired) electrons. The summed E-state index contributed by atoms with van der Waals surface area (Å²) in [5.74, 6) is -0.168. The molecule has 2 nitrogen and oxygen atoms in total. The van der Waals surface area contributed by atoms with Gasteiger partial charge in [-0.2, -0.15) is 0 Å². The van der Waals surface area contributed by atoms with E-state index in [9.17, 15) is 4.79 Å². The minimum atomic E-state index is -0.168. The molecule has 116 valence electrons. The number of anilines is 1. The highest BCUT2D eigenvalue weighted by Gasteiger charge is 2.33. The lowest BCUT2D eigenvalue weighted by atomic mass is 10.2. The number of halogens is 3. The first-order valence-electron chi connectivity index (χ1n) is 6.45. The first-order chi connectivity index (χ1) is 11.0. The Morgan fingerprint density at radius 3 is 2.52 bits per heavy atom. The predicted molar refractivity (Wildman–Crippen MR) is 106 cm³/mol. The monoisotopic (exact) mass is 443 g/mol. The van der Waals surface area contributed by atoms with Crippen LogP contribution in [0.4, 0.5) is 5.69 Å². The molecule has 0 atom stereocenters. The molecule has 0 unspecified atom stereocenters. The van der Waals surface area contributed by atoms with Crippen LogP contribution in [0.25, 0.3) is 6.08 Å². The molecule has 1 aliphatic heterocycles. The number of hydrogen-bond donors (Lipinski definition) is 0. The number of nitrogens with zero attached hydrogens (tertiary/aromatic N) is 1. The van der Waals surface area contributed by atoms with Crippen molar-refractivity contribution in [2.45, 2.75) is 0 Å². The zero-order valence-corrected chi connectivity index (χ0v) is 16.2. The lowest BCUT2D eigenvalue weighted by Crippen LogP contribution is -2.27. The molecule has 3 rings (SSSR count). The van der Waals surface area contributed by atoms with E-state index >= 15 is 0 Å². The van der Waals surface area contributed by atoms with Gasteiger partial charge in [-0.15, -0.1) is 0 Å². The van der Waals surface area contributed by atoms with Crippen molar-refractivity contribution in [1.82, 2.24) is 0 Å². The summed E-state index contributed by atoms with van der Waals surface area (Å²) >= 11 is 22.1. The lowest BCUT2D eigenvalue weighted by molar-refractivity contribution is -0.113. The summed E-state index contributed by atoms with van der Waals surface area (Å²) in [4.78, 5) is 14.7. The second kappa shape index (κ2) is 6.95. The van der Waals surface area contributed by atoms with E-state index in [2.05, 4.69) is 15.9 Å². The van der Waals surface area contributed by atoms with Crippen LogP contribution in [0.3, 0.4) is 0 Å². The van der Waals surface area contributed by atoms with E-state index in [0.717, 1.165) is 10.2 Å². The number of thiocarbonyl (C=S) groups is 1. The molecule has 7 heteroatoms. The Balaban J connectivity index is 1.96. The summed E-state index contributed by atoms with van der Waals surface area (Å²) in [5.41, 5.74) is 1.42. The van der Waals surface area contributed by atoms with Gasteiger partial charge in [0, 0.05) is 4.47 Å². The van der Waals surface area contributed by atoms with Crippen molar-refractivity contribution in [1.29, 1.82) is 0 Å². The molecule has 1 fully saturated rings. The number of thioether (sulfide) groups is 1. The van der Waals surface area contributed by atoms with Gasteiger partial charge < -0.3 is 0 Å². The SMILES string of the molecule is O=C1/C(=C\c2cccc(Cl)c2Cl)SC(=S)N1c1ccc(Br)cc1. The van der Waals surface area contributed by atoms with Crippen molar-refractivity contribution in [3.63, 3.8) is 0 Å². The largest absolute Gasteiger partial charge is 0.270 e. The third kappa shape index (κ3) is 3.49. The fourth-order valence-corrected chi connectivity index (χ4v) is 3.97. The van der Waals surface area contributed by atoms with Crippen LogP contribution in [-0.2, 0) is 4.79 Å². The maximum Gasteiger partial charge on any atom is 0.270 e. The molecule has 1 amide bonds. The van der Waals surface area contributed by atoms with Crippen molar-refractivity contribution in [3.05, 3.63) is 67.5 Å². The predicted octanol–water partition coefficient (Wildman–Crippen LogP) is 6.16. The third-order valence-corrected chi connectivity index (χ3v) is 5.81. The van der Waals surface area contributed by atoms with Crippen molar-refractivity contribution in [2.75, 3.05) is 4.90 Å². The molecule has 0 bridgehead atoms. The Morgan fingerprint density at radius 1 is 1.13 bits per heavy atom. The fourth-order valence-electron chi connectivity index (χ4n) is 2.05. The van der Waals surface area contributed by atoms with Crippen LogP contribution in [0.5, 0.6) is 0 Å². The van der Waals surface area contributed by atoms with Crippen LogP contribution in [0.2, 0.25) is 10.0 Å². The Labute approximate surface area is 161 Å². The Morgan fingerprint density at radius 2 is 1.83 bits per heavy atom. The third-order valence-electron chi connectivity index (χ3n) is 3.15. The summed E-state index contributed by atoms with van der Waals surface area (Å²) in [6, 6.07) is 12.7. The summed E-state index contributed by atoms with van der Waals surface area (Å²) in [6.45, 7) is 0. The van der Waals surface area contributed by atoms with Crippen LogP contribution in [0.15, 0.2) is 51.8 Å². The van der Waals surface area contributed by atoms with Gasteiger partial charge in [0.25, 0.3) is 5.91 Å². The second-order valence-corrected chi connectivity index (χ2v) is 8.01. The van der Waals surface area contributed by atoms with E-state index < -0.39 is 0 Å². The van der Waals surface area contributed by atoms with E-state index in [0.29, 0.717) is 24.8 Å². The molecule has 2 aromatic rings. The highest BCUT2D eigenvalue weighted by atomic mass is 79.9. The zero-order valence-electron chi connectivity index (χ0n) is 11.4. The molecule has 0 saturated carbocycles. The zero-order chi connectivity index (χ0) is 16.6. The van der Waals surface area contributed by atoms with Gasteiger partial charge in [-0.1, -0.05) is 75.2 Å². The Kier molecular flexibility index (Phi) is 5.13. The molecule has 1 saturated heterocycles. The van der Waals surface area contributed by atoms with Crippen molar-refractivity contribution in [2.24, 2.45) is 0 Å². The average Bonchev–Trinajstić information content (AvgIpc) is 2.79. The standard InChI is InChI=1S/C16H8BrCl2NOS2/c17-10-4-6-11(7-5-10)20-15(21)13(23-16(20)22)8-9-2-1-3-12(18)14(9)19/h1-8H/b13-8+. The van der Waals surface area contributed by atoms with Gasteiger partial charge >= 0.3 is 0 Å². The minimum Gasteiger partial charge on any atom is -0.268 e. The summed E-state index contributed by atoms with van der Waals surface area (Å²) < 4.78 is 1.43. The van der Waals surface area contributed by atoms with E-state index in [1.54, 1.807) is 24.3 Å². The molecular weight excluding hydrogens is 437 g/mol. The lowest BCUT2D eigenvalue weighted by Gasteiger charge is -2.14. The summed E-state index contributed by atoms with van der Waals surface area (Å²) in [5, 5.41) is 0.867. The first-order valence-corrected chi connectivity index (χ1v) is 9.22. The van der Waals surface area contributed by atoms with Gasteiger partial charge in [0.2, 0.25) is 0 Å². The minimum absolute atomic E-state index is 0.168. The molecule has 1 aliphatic rings. The van der Waals surface area contributed by atoms with E-state index in [4.69, 9.17) is 35.4 Å². The van der Waals surface area contributed by atoms with Crippen LogP contribution < -0.4 is 4.90 Å². The fraction of sp³-hybridized carbons (Fsp3) is 0. The summed E-state index contributed by atoms with van der Waals surface area (Å²) in [6.07, 6.45) is 1.71. The van der Waals surface area contributed by atoms with Crippen molar-refractivity contribution >= 4 is 85.1 Å². The topological polar surface area (TPSA) is 20.3 Å². The summed E-state index contributed by atoms with van der Waals surface area (Å²) in [7, 11) is 0. The van der Waals surface area contributed by atoms with Gasteiger partial charge in [-0.3, -0.25) is 9.69 Å². The molecule has 0 spiro atoms. The molecule has 23 heavy (non-hydrogen) atoms. The number of carbonyl (C=O) groups is 1. The smallest absolute Gasteiger partial charge is 0.268 e. The van der Waals surface area contributed by atoms with Gasteiger partial charge in [-0.25, -0.2) is 0 Å². The molecule has 0 N–H and O–H groups in total. The van der Waals surface area contributed by atoms with Crippen LogP contribution in [0.1, 0.15) is 5.56 Å². The molecule has 0 aromatic heterocycles. The van der Waals surface area contributed by atoms with Crippen LogP contribution >= 0.6 is 63.1 Å². The quantitative estimate of drug-likeness (QED) is 0.408. The van der Waals surface area contributed by atoms with Crippen molar-refractivity contribution in [3.8, 4) is 0 Å². The average molecular weight is 445 g/mol. The number of carbonyl (C=O) groups excluding carboxylic acids is 1.